The van der Waals surface area contributed by atoms with Gasteiger partial charge in [0.1, 0.15) is 0 Å². The lowest BCUT2D eigenvalue weighted by Crippen LogP contribution is -2.51. The van der Waals surface area contributed by atoms with Crippen LogP contribution in [0.5, 0.6) is 0 Å². The number of rotatable bonds is 3. The summed E-state index contributed by atoms with van der Waals surface area (Å²) >= 11 is 1.57. The summed E-state index contributed by atoms with van der Waals surface area (Å²) in [4.78, 5) is 30.4. The van der Waals surface area contributed by atoms with E-state index in [1.807, 2.05) is 72.5 Å². The summed E-state index contributed by atoms with van der Waals surface area (Å²) < 4.78 is -0.286. The summed E-state index contributed by atoms with van der Waals surface area (Å²) in [5.41, 5.74) is 5.83. The first-order valence-electron chi connectivity index (χ1n) is 11.5. The minimum absolute atomic E-state index is 0.0633. The van der Waals surface area contributed by atoms with Crippen molar-refractivity contribution in [3.05, 3.63) is 95.1 Å². The molecule has 0 unspecified atom stereocenters. The van der Waals surface area contributed by atoms with Gasteiger partial charge in [-0.1, -0.05) is 60.2 Å². The van der Waals surface area contributed by atoms with E-state index in [2.05, 4.69) is 38.2 Å². The molecule has 34 heavy (non-hydrogen) atoms. The van der Waals surface area contributed by atoms with Crippen LogP contribution in [0.15, 0.2) is 72.8 Å². The van der Waals surface area contributed by atoms with Crippen LogP contribution in [-0.4, -0.2) is 28.1 Å². The number of amides is 3. The molecule has 5 nitrogen and oxygen atoms in total. The second kappa shape index (κ2) is 8.20. The first-order chi connectivity index (χ1) is 16.2. The lowest BCUT2D eigenvalue weighted by molar-refractivity contribution is -0.123. The minimum atomic E-state index is -1.10. The fraction of sp³-hybridized carbons (Fsp3) is 0.286. The van der Waals surface area contributed by atoms with E-state index in [4.69, 9.17) is 0 Å². The number of anilines is 2. The molecule has 0 saturated carbocycles. The largest absolute Gasteiger partial charge is 0.323 e. The predicted molar refractivity (Wildman–Crippen MR) is 139 cm³/mol. The Bertz CT molecular complexity index is 1270. The van der Waals surface area contributed by atoms with E-state index in [9.17, 15) is 9.59 Å². The van der Waals surface area contributed by atoms with Crippen molar-refractivity contribution >= 4 is 35.1 Å². The van der Waals surface area contributed by atoms with E-state index >= 15 is 0 Å². The van der Waals surface area contributed by atoms with Crippen LogP contribution in [0.3, 0.4) is 0 Å². The first-order valence-corrected chi connectivity index (χ1v) is 12.3. The SMILES string of the molecule is Cc1ccc(NC(=O)N2CC(C)(C)S[C@@]23C(=O)N(Cc2ccccc2C)c2ccccc23)cc1. The fourth-order valence-electron chi connectivity index (χ4n) is 4.90. The van der Waals surface area contributed by atoms with E-state index in [1.165, 1.54) is 0 Å². The average molecular weight is 472 g/mol. The highest BCUT2D eigenvalue weighted by Gasteiger charge is 2.63. The quantitative estimate of drug-likeness (QED) is 0.505. The molecule has 0 aromatic heterocycles. The Balaban J connectivity index is 1.56. The maximum atomic E-state index is 14.3. The van der Waals surface area contributed by atoms with Crippen LogP contribution in [0.4, 0.5) is 16.2 Å². The van der Waals surface area contributed by atoms with Crippen molar-refractivity contribution < 1.29 is 9.59 Å². The Morgan fingerprint density at radius 3 is 2.38 bits per heavy atom. The summed E-state index contributed by atoms with van der Waals surface area (Å²) in [6.45, 7) is 9.20. The standard InChI is InChI=1S/C28H29N3O2S/c1-19-13-15-22(16-14-19)29-26(33)31-18-27(3,4)34-28(31)23-11-7-8-12-24(23)30(25(28)32)17-21-10-6-5-9-20(21)2/h5-16H,17-18H2,1-4H3,(H,29,33)/t28-/m0/s1. The van der Waals surface area contributed by atoms with Crippen LogP contribution < -0.4 is 10.2 Å². The maximum Gasteiger partial charge on any atom is 0.323 e. The average Bonchev–Trinajstić information content (AvgIpc) is 3.23. The molecule has 2 aliphatic rings. The molecule has 2 aliphatic heterocycles. The number of hydrogen-bond acceptors (Lipinski definition) is 3. The van der Waals surface area contributed by atoms with Crippen molar-refractivity contribution in [3.8, 4) is 0 Å². The Hall–Kier alpha value is -3.25. The smallest absolute Gasteiger partial charge is 0.308 e. The molecule has 3 aromatic rings. The molecule has 1 N–H and O–H groups in total. The van der Waals surface area contributed by atoms with Gasteiger partial charge in [0.2, 0.25) is 0 Å². The Kier molecular flexibility index (Phi) is 5.44. The number of carbonyl (C=O) groups is 2. The normalized spacial score (nSPS) is 20.6. The fourth-order valence-corrected chi connectivity index (χ4v) is 6.63. The topological polar surface area (TPSA) is 52.7 Å². The molecule has 6 heteroatoms. The molecule has 1 spiro atoms. The number of nitrogens with one attached hydrogen (secondary N) is 1. The highest BCUT2D eigenvalue weighted by molar-refractivity contribution is 8.02. The van der Waals surface area contributed by atoms with Crippen LogP contribution in [0.25, 0.3) is 0 Å². The number of fused-ring (bicyclic) bond motifs is 2. The van der Waals surface area contributed by atoms with Crippen LogP contribution >= 0.6 is 11.8 Å². The van der Waals surface area contributed by atoms with Gasteiger partial charge < -0.3 is 10.2 Å². The summed E-state index contributed by atoms with van der Waals surface area (Å²) in [7, 11) is 0. The lowest BCUT2D eigenvalue weighted by atomic mass is 10.1. The van der Waals surface area contributed by atoms with E-state index in [-0.39, 0.29) is 16.7 Å². The van der Waals surface area contributed by atoms with Crippen molar-refractivity contribution in [2.45, 2.75) is 43.9 Å². The second-order valence-electron chi connectivity index (χ2n) is 9.72. The van der Waals surface area contributed by atoms with Crippen molar-refractivity contribution in [1.82, 2.24) is 4.90 Å². The number of aryl methyl sites for hydroxylation is 2. The highest BCUT2D eigenvalue weighted by Crippen LogP contribution is 2.59. The van der Waals surface area contributed by atoms with Crippen LogP contribution in [0.1, 0.15) is 36.1 Å². The van der Waals surface area contributed by atoms with Gasteiger partial charge in [-0.2, -0.15) is 0 Å². The molecule has 3 aromatic carbocycles. The number of urea groups is 1. The number of para-hydroxylation sites is 1. The first kappa shape index (κ1) is 22.5. The number of thioether (sulfide) groups is 1. The second-order valence-corrected chi connectivity index (χ2v) is 11.6. The van der Waals surface area contributed by atoms with E-state index in [0.717, 1.165) is 33.6 Å². The molecule has 2 heterocycles. The summed E-state index contributed by atoms with van der Waals surface area (Å²) in [5, 5.41) is 3.03. The number of hydrogen-bond donors (Lipinski definition) is 1. The molecular weight excluding hydrogens is 442 g/mol. The molecule has 0 radical (unpaired) electrons. The van der Waals surface area contributed by atoms with E-state index < -0.39 is 4.87 Å². The monoisotopic (exact) mass is 471 g/mol. The molecular formula is C28H29N3O2S. The van der Waals surface area contributed by atoms with Crippen molar-refractivity contribution in [2.75, 3.05) is 16.8 Å². The summed E-state index contributed by atoms with van der Waals surface area (Å²) in [6, 6.07) is 23.5. The van der Waals surface area contributed by atoms with Crippen molar-refractivity contribution in [1.29, 1.82) is 0 Å². The van der Waals surface area contributed by atoms with Gasteiger partial charge in [0.05, 0.1) is 12.2 Å². The molecule has 1 atom stereocenters. The van der Waals surface area contributed by atoms with Crippen LogP contribution in [0.2, 0.25) is 0 Å². The third kappa shape index (κ3) is 3.66. The van der Waals surface area contributed by atoms with Gasteiger partial charge in [0.15, 0.2) is 4.87 Å². The van der Waals surface area contributed by atoms with E-state index in [0.29, 0.717) is 13.1 Å². The van der Waals surface area contributed by atoms with E-state index in [1.54, 1.807) is 16.7 Å². The number of carbonyl (C=O) groups excluding carboxylic acids is 2. The predicted octanol–water partition coefficient (Wildman–Crippen LogP) is 6.06. The van der Waals surface area contributed by atoms with Gasteiger partial charge in [0, 0.05) is 22.5 Å². The van der Waals surface area contributed by atoms with Crippen molar-refractivity contribution in [2.24, 2.45) is 0 Å². The van der Waals surface area contributed by atoms with Gasteiger partial charge >= 0.3 is 6.03 Å². The van der Waals surface area contributed by atoms with Gasteiger partial charge in [0.25, 0.3) is 5.91 Å². The third-order valence-electron chi connectivity index (χ3n) is 6.58. The zero-order valence-corrected chi connectivity index (χ0v) is 20.8. The van der Waals surface area contributed by atoms with Crippen molar-refractivity contribution in [3.63, 3.8) is 0 Å². The zero-order valence-electron chi connectivity index (χ0n) is 20.0. The number of nitrogens with zero attached hydrogens (tertiary/aromatic N) is 2. The van der Waals surface area contributed by atoms with Crippen LogP contribution in [-0.2, 0) is 16.2 Å². The lowest BCUT2D eigenvalue weighted by Gasteiger charge is -2.33. The Morgan fingerprint density at radius 1 is 0.971 bits per heavy atom. The van der Waals surface area contributed by atoms with Gasteiger partial charge in [-0.15, -0.1) is 11.8 Å². The van der Waals surface area contributed by atoms with Gasteiger partial charge in [-0.25, -0.2) is 4.79 Å². The summed E-state index contributed by atoms with van der Waals surface area (Å²) in [5.74, 6) is -0.0633. The summed E-state index contributed by atoms with van der Waals surface area (Å²) in [6.07, 6.45) is 0. The highest BCUT2D eigenvalue weighted by atomic mass is 32.2. The maximum absolute atomic E-state index is 14.3. The zero-order chi connectivity index (χ0) is 24.1. The Morgan fingerprint density at radius 2 is 1.65 bits per heavy atom. The van der Waals surface area contributed by atoms with Crippen LogP contribution in [0, 0.1) is 13.8 Å². The minimum Gasteiger partial charge on any atom is -0.308 e. The molecule has 5 rings (SSSR count). The molecule has 0 bridgehead atoms. The molecule has 174 valence electrons. The molecule has 1 fully saturated rings. The van der Waals surface area contributed by atoms with Gasteiger partial charge in [-0.05, 0) is 57.0 Å². The Labute approximate surface area is 205 Å². The van der Waals surface area contributed by atoms with Gasteiger partial charge in [-0.3, -0.25) is 9.69 Å². The number of benzene rings is 3. The molecule has 3 amide bonds. The third-order valence-corrected chi connectivity index (χ3v) is 8.17. The molecule has 1 saturated heterocycles. The molecule has 0 aliphatic carbocycles.